The molecule has 0 radical (unpaired) electrons. The number of alkyl halides is 3. The fraction of sp³-hybridized carbons (Fsp3) is 0.400. The molecule has 0 bridgehead atoms. The van der Waals surface area contributed by atoms with Crippen molar-refractivity contribution in [1.82, 2.24) is 10.2 Å². The highest BCUT2D eigenvalue weighted by molar-refractivity contribution is 6.10. The number of rotatable bonds is 7. The third-order valence-corrected chi connectivity index (χ3v) is 5.53. The number of imide groups is 1. The van der Waals surface area contributed by atoms with Crippen molar-refractivity contribution in [3.63, 3.8) is 0 Å². The van der Waals surface area contributed by atoms with E-state index in [1.54, 1.807) is 13.0 Å². The van der Waals surface area contributed by atoms with Crippen molar-refractivity contribution in [3.8, 4) is 5.75 Å². The highest BCUT2D eigenvalue weighted by atomic mass is 19.4. The summed E-state index contributed by atoms with van der Waals surface area (Å²) in [6, 6.07) is 3.30. The van der Waals surface area contributed by atoms with Crippen LogP contribution in [0.2, 0.25) is 0 Å². The fourth-order valence-corrected chi connectivity index (χ4v) is 4.32. The molecule has 3 N–H and O–H groups in total. The summed E-state index contributed by atoms with van der Waals surface area (Å²) in [5.74, 6) is -8.29. The molecule has 2 heterocycles. The molecule has 0 aromatic heterocycles. The summed E-state index contributed by atoms with van der Waals surface area (Å²) in [5.41, 5.74) is -2.29. The molecule has 32 heavy (non-hydrogen) atoms. The van der Waals surface area contributed by atoms with Gasteiger partial charge in [-0.25, -0.2) is 0 Å². The Labute approximate surface area is 179 Å². The van der Waals surface area contributed by atoms with Gasteiger partial charge in [0.05, 0.1) is 18.3 Å². The van der Waals surface area contributed by atoms with Crippen molar-refractivity contribution >= 4 is 23.8 Å². The van der Waals surface area contributed by atoms with E-state index in [2.05, 4.69) is 10.1 Å². The van der Waals surface area contributed by atoms with Crippen LogP contribution in [-0.2, 0) is 19.2 Å². The number of ether oxygens (including phenoxy) is 1. The summed E-state index contributed by atoms with van der Waals surface area (Å²) in [4.78, 5) is 50.6. The number of fused-ring (bicyclic) bond motifs is 1. The second-order valence-corrected chi connectivity index (χ2v) is 7.45. The highest BCUT2D eigenvalue weighted by Gasteiger charge is 2.68. The first-order chi connectivity index (χ1) is 14.9. The Hall–Kier alpha value is -3.41. The van der Waals surface area contributed by atoms with E-state index in [9.17, 15) is 42.6 Å². The quantitative estimate of drug-likeness (QED) is 0.417. The Kier molecular flexibility index (Phi) is 6.00. The van der Waals surface area contributed by atoms with Gasteiger partial charge in [-0.1, -0.05) is 24.3 Å². The van der Waals surface area contributed by atoms with E-state index >= 15 is 0 Å². The minimum Gasteiger partial charge on any atom is -0.481 e. The molecule has 2 amide bonds. The fourth-order valence-electron chi connectivity index (χ4n) is 4.32. The maximum atomic E-state index is 13.1. The summed E-state index contributed by atoms with van der Waals surface area (Å²) in [6.07, 6.45) is -2.93. The molecule has 0 spiro atoms. The van der Waals surface area contributed by atoms with Crippen molar-refractivity contribution in [2.45, 2.75) is 31.3 Å². The van der Waals surface area contributed by atoms with Crippen LogP contribution in [-0.4, -0.2) is 57.3 Å². The van der Waals surface area contributed by atoms with Gasteiger partial charge in [-0.05, 0) is 24.6 Å². The normalized spacial score (nSPS) is 27.8. The number of nitrogens with one attached hydrogen (secondary N) is 1. The van der Waals surface area contributed by atoms with Gasteiger partial charge < -0.3 is 14.9 Å². The molecule has 4 atom stereocenters. The number of amides is 2. The molecule has 3 rings (SSSR count). The number of hydrogen-bond donors (Lipinski definition) is 3. The van der Waals surface area contributed by atoms with E-state index in [0.29, 0.717) is 0 Å². The molecular formula is C20H19F3N2O7. The summed E-state index contributed by atoms with van der Waals surface area (Å²) in [7, 11) is 0. The van der Waals surface area contributed by atoms with Gasteiger partial charge in [0.25, 0.3) is 0 Å². The van der Waals surface area contributed by atoms with Gasteiger partial charge >= 0.3 is 18.3 Å². The average Bonchev–Trinajstić information content (AvgIpc) is 3.14. The van der Waals surface area contributed by atoms with Crippen LogP contribution in [0.3, 0.4) is 0 Å². The van der Waals surface area contributed by atoms with Gasteiger partial charge in [-0.2, -0.15) is 0 Å². The maximum absolute atomic E-state index is 13.1. The number of aliphatic carboxylic acids is 2. The number of likely N-dealkylation sites (tertiary alicyclic amines) is 1. The Morgan fingerprint density at radius 1 is 1.25 bits per heavy atom. The van der Waals surface area contributed by atoms with E-state index in [0.717, 1.165) is 17.0 Å². The Morgan fingerprint density at radius 2 is 1.94 bits per heavy atom. The topological polar surface area (TPSA) is 133 Å². The second kappa shape index (κ2) is 8.26. The van der Waals surface area contributed by atoms with Crippen LogP contribution in [0, 0.1) is 11.8 Å². The molecule has 172 valence electrons. The van der Waals surface area contributed by atoms with Gasteiger partial charge in [0.2, 0.25) is 11.8 Å². The first-order valence-electron chi connectivity index (χ1n) is 9.46. The number of benzene rings is 1. The van der Waals surface area contributed by atoms with Crippen LogP contribution in [0.5, 0.6) is 5.75 Å². The number of carboxylic acids is 2. The van der Waals surface area contributed by atoms with E-state index in [-0.39, 0.29) is 12.1 Å². The molecule has 12 heteroatoms. The molecule has 1 aromatic rings. The predicted octanol–water partition coefficient (Wildman–Crippen LogP) is 1.70. The van der Waals surface area contributed by atoms with E-state index in [4.69, 9.17) is 0 Å². The number of nitrogens with zero attached hydrogens (tertiary/aromatic N) is 1. The van der Waals surface area contributed by atoms with Crippen molar-refractivity contribution in [2.75, 3.05) is 6.54 Å². The van der Waals surface area contributed by atoms with Crippen molar-refractivity contribution in [3.05, 3.63) is 42.0 Å². The van der Waals surface area contributed by atoms with Crippen LogP contribution in [0.4, 0.5) is 13.2 Å². The first kappa shape index (κ1) is 23.3. The number of carbonyl (C=O) groups excluding carboxylic acids is 2. The van der Waals surface area contributed by atoms with Crippen LogP contribution in [0.1, 0.15) is 24.9 Å². The monoisotopic (exact) mass is 456 g/mol. The second-order valence-electron chi connectivity index (χ2n) is 7.45. The van der Waals surface area contributed by atoms with Gasteiger partial charge in [0.15, 0.2) is 0 Å². The summed E-state index contributed by atoms with van der Waals surface area (Å²) < 4.78 is 41.8. The molecule has 2 aliphatic rings. The minimum absolute atomic E-state index is 0.0456. The first-order valence-corrected chi connectivity index (χ1v) is 9.46. The molecule has 2 aliphatic heterocycles. The standard InChI is InChI=1S/C20H19F3N2O7/c1-2-3-7-25-16(28)13-14(17(25)29)19(18(30)31,9-12(26)27)24-15(13)10-5-4-6-11(8-10)32-20(21,22)23/h2-6,8,13-15,24H,7,9H2,1H3,(H,26,27)(H,30,31). The number of allylic oxidation sites excluding steroid dienone is 1. The van der Waals surface area contributed by atoms with E-state index in [1.807, 2.05) is 0 Å². The molecule has 1 aromatic carbocycles. The zero-order valence-corrected chi connectivity index (χ0v) is 16.6. The number of carbonyl (C=O) groups is 4. The summed E-state index contributed by atoms with van der Waals surface area (Å²) in [6.45, 7) is 1.50. The van der Waals surface area contributed by atoms with Gasteiger partial charge in [-0.15, -0.1) is 13.2 Å². The average molecular weight is 456 g/mol. The smallest absolute Gasteiger partial charge is 0.481 e. The molecule has 4 unspecified atom stereocenters. The molecule has 9 nitrogen and oxygen atoms in total. The van der Waals surface area contributed by atoms with Crippen LogP contribution in [0.15, 0.2) is 36.4 Å². The Morgan fingerprint density at radius 3 is 2.50 bits per heavy atom. The Bertz CT molecular complexity index is 994. The summed E-state index contributed by atoms with van der Waals surface area (Å²) in [5, 5.41) is 21.8. The molecular weight excluding hydrogens is 437 g/mol. The zero-order chi connectivity index (χ0) is 23.8. The third kappa shape index (κ3) is 4.05. The van der Waals surface area contributed by atoms with Crippen molar-refractivity contribution < 1.29 is 47.3 Å². The number of halogens is 3. The van der Waals surface area contributed by atoms with E-state index in [1.165, 1.54) is 18.2 Å². The number of carboxylic acid groups (broad SMARTS) is 2. The Balaban J connectivity index is 2.11. The highest BCUT2D eigenvalue weighted by Crippen LogP contribution is 2.50. The molecule has 2 fully saturated rings. The molecule has 0 saturated carbocycles. The predicted molar refractivity (Wildman–Crippen MR) is 100 cm³/mol. The van der Waals surface area contributed by atoms with Crippen molar-refractivity contribution in [2.24, 2.45) is 11.8 Å². The van der Waals surface area contributed by atoms with E-state index < -0.39 is 65.7 Å². The van der Waals surface area contributed by atoms with Crippen LogP contribution >= 0.6 is 0 Å². The van der Waals surface area contributed by atoms with Gasteiger partial charge in [0, 0.05) is 12.6 Å². The molecule has 0 aliphatic carbocycles. The molecule has 2 saturated heterocycles. The zero-order valence-electron chi connectivity index (χ0n) is 16.6. The van der Waals surface area contributed by atoms with Gasteiger partial charge in [0.1, 0.15) is 11.3 Å². The third-order valence-electron chi connectivity index (χ3n) is 5.53. The lowest BCUT2D eigenvalue weighted by atomic mass is 9.77. The lowest BCUT2D eigenvalue weighted by Crippen LogP contribution is -2.56. The maximum Gasteiger partial charge on any atom is 0.573 e. The van der Waals surface area contributed by atoms with Crippen molar-refractivity contribution in [1.29, 1.82) is 0 Å². The lowest BCUT2D eigenvalue weighted by Gasteiger charge is -2.29. The van der Waals surface area contributed by atoms with Crippen LogP contribution in [0.25, 0.3) is 0 Å². The minimum atomic E-state index is -4.99. The van der Waals surface area contributed by atoms with Gasteiger partial charge in [-0.3, -0.25) is 29.4 Å². The largest absolute Gasteiger partial charge is 0.573 e. The summed E-state index contributed by atoms with van der Waals surface area (Å²) >= 11 is 0. The lowest BCUT2D eigenvalue weighted by molar-refractivity contribution is -0.274. The SMILES string of the molecule is CC=CCN1C(=O)C2C(c3cccc(OC(F)(F)F)c3)NC(CC(=O)O)(C(=O)O)C2C1=O. The van der Waals surface area contributed by atoms with Crippen LogP contribution < -0.4 is 10.1 Å². The number of hydrogen-bond acceptors (Lipinski definition) is 6.